The second-order valence-corrected chi connectivity index (χ2v) is 6.55. The Labute approximate surface area is 160 Å². The van der Waals surface area contributed by atoms with E-state index in [1.54, 1.807) is 0 Å². The lowest BCUT2D eigenvalue weighted by Crippen LogP contribution is -2.24. The summed E-state index contributed by atoms with van der Waals surface area (Å²) in [7, 11) is 0. The summed E-state index contributed by atoms with van der Waals surface area (Å²) in [4.78, 5) is 12.0. The van der Waals surface area contributed by atoms with Crippen LogP contribution in [-0.2, 0) is 13.1 Å². The average molecular weight is 362 g/mol. The Balaban J connectivity index is 1.51. The lowest BCUT2D eigenvalue weighted by molar-refractivity contribution is 0.0953. The van der Waals surface area contributed by atoms with Crippen molar-refractivity contribution in [2.24, 2.45) is 0 Å². The molecule has 3 N–H and O–H groups in total. The van der Waals surface area contributed by atoms with Gasteiger partial charge in [0.25, 0.3) is 5.91 Å². The number of H-pyrrole nitrogens is 1. The van der Waals surface area contributed by atoms with Gasteiger partial charge in [0.05, 0.1) is 11.9 Å². The van der Waals surface area contributed by atoms with E-state index in [0.717, 1.165) is 54.9 Å². The summed E-state index contributed by atoms with van der Waals surface area (Å²) in [5.41, 5.74) is 5.15. The topological polar surface area (TPSA) is 69.8 Å². The summed E-state index contributed by atoms with van der Waals surface area (Å²) in [5, 5.41) is 13.6. The first-order valence-corrected chi connectivity index (χ1v) is 9.43. The van der Waals surface area contributed by atoms with E-state index < -0.39 is 0 Å². The van der Waals surface area contributed by atoms with Crippen LogP contribution in [0.2, 0.25) is 0 Å². The van der Waals surface area contributed by atoms with Crippen molar-refractivity contribution < 1.29 is 4.79 Å². The van der Waals surface area contributed by atoms with E-state index in [1.165, 1.54) is 0 Å². The van der Waals surface area contributed by atoms with E-state index >= 15 is 0 Å². The predicted octanol–water partition coefficient (Wildman–Crippen LogP) is 3.90. The van der Waals surface area contributed by atoms with Crippen LogP contribution in [0.1, 0.15) is 41.3 Å². The number of unbranched alkanes of at least 4 members (excludes halogenated alkanes) is 1. The molecule has 1 aromatic heterocycles. The summed E-state index contributed by atoms with van der Waals surface area (Å²) in [6.07, 6.45) is 3.94. The van der Waals surface area contributed by atoms with Gasteiger partial charge in [0.2, 0.25) is 0 Å². The van der Waals surface area contributed by atoms with Crippen LogP contribution in [0, 0.1) is 0 Å². The number of carbonyl (C=O) groups excluding carboxylic acids is 1. The number of aromatic nitrogens is 2. The van der Waals surface area contributed by atoms with Crippen molar-refractivity contribution in [1.82, 2.24) is 20.8 Å². The Morgan fingerprint density at radius 3 is 2.56 bits per heavy atom. The number of carbonyl (C=O) groups is 1. The number of aromatic amines is 1. The van der Waals surface area contributed by atoms with Gasteiger partial charge in [0, 0.05) is 30.8 Å². The molecule has 5 heteroatoms. The summed E-state index contributed by atoms with van der Waals surface area (Å²) in [6.45, 7) is 4.30. The molecule has 0 aliphatic carbocycles. The van der Waals surface area contributed by atoms with Gasteiger partial charge >= 0.3 is 0 Å². The van der Waals surface area contributed by atoms with E-state index in [2.05, 4.69) is 39.9 Å². The van der Waals surface area contributed by atoms with Gasteiger partial charge in [-0.1, -0.05) is 55.8 Å². The summed E-state index contributed by atoms with van der Waals surface area (Å²) in [6, 6.07) is 17.9. The lowest BCUT2D eigenvalue weighted by atomic mass is 10.1. The molecule has 3 rings (SSSR count). The number of benzene rings is 2. The maximum absolute atomic E-state index is 12.0. The van der Waals surface area contributed by atoms with Gasteiger partial charge in [0.1, 0.15) is 0 Å². The van der Waals surface area contributed by atoms with Crippen LogP contribution in [0.15, 0.2) is 60.8 Å². The fourth-order valence-corrected chi connectivity index (χ4v) is 2.90. The average Bonchev–Trinajstić information content (AvgIpc) is 3.18. The molecule has 0 unspecified atom stereocenters. The fraction of sp³-hybridized carbons (Fsp3) is 0.273. The van der Waals surface area contributed by atoms with Gasteiger partial charge in [-0.05, 0) is 29.7 Å². The summed E-state index contributed by atoms with van der Waals surface area (Å²) >= 11 is 0. The minimum atomic E-state index is -0.00569. The molecule has 27 heavy (non-hydrogen) atoms. The molecule has 0 fully saturated rings. The number of rotatable bonds is 9. The molecular formula is C22H26N4O. The number of hydrogen-bond acceptors (Lipinski definition) is 3. The van der Waals surface area contributed by atoms with Crippen LogP contribution in [-0.4, -0.2) is 22.6 Å². The van der Waals surface area contributed by atoms with Crippen molar-refractivity contribution in [3.05, 3.63) is 77.5 Å². The van der Waals surface area contributed by atoms with Gasteiger partial charge < -0.3 is 10.6 Å². The predicted molar refractivity (Wildman–Crippen MR) is 108 cm³/mol. The molecule has 0 bridgehead atoms. The zero-order chi connectivity index (χ0) is 18.9. The molecule has 1 heterocycles. The smallest absolute Gasteiger partial charge is 0.251 e. The van der Waals surface area contributed by atoms with Crippen molar-refractivity contribution in [3.63, 3.8) is 0 Å². The Bertz CT molecular complexity index is 840. The molecule has 0 saturated heterocycles. The van der Waals surface area contributed by atoms with Crippen LogP contribution < -0.4 is 10.6 Å². The van der Waals surface area contributed by atoms with Crippen molar-refractivity contribution in [3.8, 4) is 11.3 Å². The second-order valence-electron chi connectivity index (χ2n) is 6.55. The zero-order valence-corrected chi connectivity index (χ0v) is 15.7. The first kappa shape index (κ1) is 18.9. The number of hydrogen-bond donors (Lipinski definition) is 3. The van der Waals surface area contributed by atoms with Crippen molar-refractivity contribution >= 4 is 5.91 Å². The molecule has 0 spiro atoms. The Morgan fingerprint density at radius 2 is 1.81 bits per heavy atom. The van der Waals surface area contributed by atoms with Crippen LogP contribution >= 0.6 is 0 Å². The zero-order valence-electron chi connectivity index (χ0n) is 15.7. The standard InChI is InChI=1S/C22H26N4O/c1-2-3-13-24-22(27)19-11-9-17(10-12-19)14-23-15-20-16-25-26-21(20)18-7-5-4-6-8-18/h4-12,16,23H,2-3,13-15H2,1H3,(H,24,27)(H,25,26). The first-order valence-electron chi connectivity index (χ1n) is 9.43. The highest BCUT2D eigenvalue weighted by Crippen LogP contribution is 2.20. The highest BCUT2D eigenvalue weighted by Gasteiger charge is 2.07. The lowest BCUT2D eigenvalue weighted by Gasteiger charge is -2.08. The van der Waals surface area contributed by atoms with Gasteiger partial charge in [-0.3, -0.25) is 9.89 Å². The molecular weight excluding hydrogens is 336 g/mol. The first-order chi connectivity index (χ1) is 13.3. The van der Waals surface area contributed by atoms with Crippen molar-refractivity contribution in [2.75, 3.05) is 6.54 Å². The molecule has 0 radical (unpaired) electrons. The van der Waals surface area contributed by atoms with Crippen LogP contribution in [0.4, 0.5) is 0 Å². The van der Waals surface area contributed by atoms with Crippen LogP contribution in [0.5, 0.6) is 0 Å². The highest BCUT2D eigenvalue weighted by atomic mass is 16.1. The fourth-order valence-electron chi connectivity index (χ4n) is 2.90. The summed E-state index contributed by atoms with van der Waals surface area (Å²) < 4.78 is 0. The molecule has 140 valence electrons. The van der Waals surface area contributed by atoms with E-state index in [0.29, 0.717) is 5.56 Å². The molecule has 5 nitrogen and oxygen atoms in total. The van der Waals surface area contributed by atoms with E-state index in [1.807, 2.05) is 48.7 Å². The molecule has 0 saturated carbocycles. The minimum absolute atomic E-state index is 0.00569. The molecule has 3 aromatic rings. The Kier molecular flexibility index (Phi) is 6.77. The van der Waals surface area contributed by atoms with Gasteiger partial charge in [0.15, 0.2) is 0 Å². The monoisotopic (exact) mass is 362 g/mol. The maximum atomic E-state index is 12.0. The van der Waals surface area contributed by atoms with E-state index in [9.17, 15) is 4.79 Å². The third kappa shape index (κ3) is 5.28. The third-order valence-corrected chi connectivity index (χ3v) is 4.46. The van der Waals surface area contributed by atoms with Gasteiger partial charge in [-0.25, -0.2) is 0 Å². The van der Waals surface area contributed by atoms with Crippen LogP contribution in [0.25, 0.3) is 11.3 Å². The molecule has 0 aliphatic rings. The molecule has 0 atom stereocenters. The molecule has 1 amide bonds. The molecule has 2 aromatic carbocycles. The SMILES string of the molecule is CCCCNC(=O)c1ccc(CNCc2cn[nH]c2-c2ccccc2)cc1. The number of amides is 1. The van der Waals surface area contributed by atoms with Crippen molar-refractivity contribution in [2.45, 2.75) is 32.9 Å². The second kappa shape index (κ2) is 9.69. The van der Waals surface area contributed by atoms with Gasteiger partial charge in [-0.15, -0.1) is 0 Å². The van der Waals surface area contributed by atoms with Crippen LogP contribution in [0.3, 0.4) is 0 Å². The van der Waals surface area contributed by atoms with E-state index in [4.69, 9.17) is 0 Å². The largest absolute Gasteiger partial charge is 0.352 e. The van der Waals surface area contributed by atoms with Crippen molar-refractivity contribution in [1.29, 1.82) is 0 Å². The number of nitrogens with zero attached hydrogens (tertiary/aromatic N) is 1. The number of nitrogens with one attached hydrogen (secondary N) is 3. The van der Waals surface area contributed by atoms with E-state index in [-0.39, 0.29) is 5.91 Å². The normalized spacial score (nSPS) is 10.7. The Hall–Kier alpha value is -2.92. The maximum Gasteiger partial charge on any atom is 0.251 e. The highest BCUT2D eigenvalue weighted by molar-refractivity contribution is 5.94. The molecule has 0 aliphatic heterocycles. The van der Waals surface area contributed by atoms with Gasteiger partial charge in [-0.2, -0.15) is 5.10 Å². The Morgan fingerprint density at radius 1 is 1.04 bits per heavy atom. The quantitative estimate of drug-likeness (QED) is 0.506. The summed E-state index contributed by atoms with van der Waals surface area (Å²) in [5.74, 6) is -0.00569. The third-order valence-electron chi connectivity index (χ3n) is 4.46. The minimum Gasteiger partial charge on any atom is -0.352 e.